The van der Waals surface area contributed by atoms with Crippen LogP contribution in [0.25, 0.3) is 0 Å². The molecule has 1 heterocycles. The Kier molecular flexibility index (Phi) is 5.14. The predicted molar refractivity (Wildman–Crippen MR) is 66.8 cm³/mol. The molecule has 0 bridgehead atoms. The highest BCUT2D eigenvalue weighted by Gasteiger charge is 2.38. The van der Waals surface area contributed by atoms with Crippen molar-refractivity contribution in [3.8, 4) is 5.75 Å². The van der Waals surface area contributed by atoms with Crippen molar-refractivity contribution in [1.29, 1.82) is 0 Å². The summed E-state index contributed by atoms with van der Waals surface area (Å²) in [5.41, 5.74) is 6.34. The van der Waals surface area contributed by atoms with E-state index in [-0.39, 0.29) is 12.0 Å². The molecule has 0 saturated heterocycles. The molecule has 6 nitrogen and oxygen atoms in total. The number of carbonyl (C=O) groups excluding carboxylic acids is 1. The van der Waals surface area contributed by atoms with E-state index in [4.69, 9.17) is 20.4 Å². The standard InChI is InChI=1S/C10H12N2O2.C2HF3O2/c1-6-9(11)10(13)12-7-4-2-3-5-8(7)14-6;3-2(4,5)1(6)7/h2-6,9H,11H2,1H3,(H,12,13);(H,6,7)/t6-,9+;/m0./s1. The van der Waals surface area contributed by atoms with E-state index in [1.807, 2.05) is 18.2 Å². The molecule has 1 amide bonds. The Balaban J connectivity index is 0.000000270. The van der Waals surface area contributed by atoms with Gasteiger partial charge in [-0.1, -0.05) is 12.1 Å². The Bertz CT molecular complexity index is 533. The number of fused-ring (bicyclic) bond motifs is 1. The lowest BCUT2D eigenvalue weighted by molar-refractivity contribution is -0.192. The van der Waals surface area contributed by atoms with Crippen LogP contribution in [0.2, 0.25) is 0 Å². The number of carboxylic acids is 1. The van der Waals surface area contributed by atoms with Crippen LogP contribution in [0.3, 0.4) is 0 Å². The minimum Gasteiger partial charge on any atom is -0.486 e. The van der Waals surface area contributed by atoms with Crippen LogP contribution in [0.4, 0.5) is 18.9 Å². The summed E-state index contributed by atoms with van der Waals surface area (Å²) in [6.45, 7) is 1.78. The van der Waals surface area contributed by atoms with Crippen molar-refractivity contribution in [2.45, 2.75) is 25.2 Å². The van der Waals surface area contributed by atoms with Gasteiger partial charge in [0.25, 0.3) is 0 Å². The van der Waals surface area contributed by atoms with E-state index in [9.17, 15) is 18.0 Å². The minimum atomic E-state index is -5.08. The molecule has 1 aliphatic rings. The largest absolute Gasteiger partial charge is 0.490 e. The number of nitrogens with one attached hydrogen (secondary N) is 1. The monoisotopic (exact) mass is 306 g/mol. The summed E-state index contributed by atoms with van der Waals surface area (Å²) in [5.74, 6) is -2.30. The lowest BCUT2D eigenvalue weighted by Crippen LogP contribution is -2.44. The normalized spacial score (nSPS) is 20.9. The molecule has 0 aliphatic carbocycles. The lowest BCUT2D eigenvalue weighted by atomic mass is 10.2. The van der Waals surface area contributed by atoms with Crippen LogP contribution in [0, 0.1) is 0 Å². The number of alkyl halides is 3. The van der Waals surface area contributed by atoms with E-state index in [1.165, 1.54) is 0 Å². The van der Waals surface area contributed by atoms with Crippen molar-refractivity contribution in [1.82, 2.24) is 0 Å². The molecule has 0 aromatic heterocycles. The smallest absolute Gasteiger partial charge is 0.486 e. The maximum atomic E-state index is 11.5. The van der Waals surface area contributed by atoms with Gasteiger partial charge in [0.2, 0.25) is 5.91 Å². The Morgan fingerprint density at radius 2 is 1.90 bits per heavy atom. The maximum absolute atomic E-state index is 11.5. The van der Waals surface area contributed by atoms with Crippen molar-refractivity contribution in [2.75, 3.05) is 5.32 Å². The van der Waals surface area contributed by atoms with Gasteiger partial charge in [-0.25, -0.2) is 4.79 Å². The number of halogens is 3. The molecule has 2 atom stereocenters. The summed E-state index contributed by atoms with van der Waals surface area (Å²) < 4.78 is 37.3. The number of ether oxygens (including phenoxy) is 1. The molecule has 2 rings (SSSR count). The Morgan fingerprint density at radius 3 is 2.43 bits per heavy atom. The van der Waals surface area contributed by atoms with Gasteiger partial charge in [0.05, 0.1) is 5.69 Å². The zero-order valence-corrected chi connectivity index (χ0v) is 10.8. The van der Waals surface area contributed by atoms with E-state index < -0.39 is 18.2 Å². The zero-order valence-electron chi connectivity index (χ0n) is 10.8. The van der Waals surface area contributed by atoms with E-state index in [0.29, 0.717) is 11.4 Å². The highest BCUT2D eigenvalue weighted by atomic mass is 19.4. The second-order valence-corrected chi connectivity index (χ2v) is 4.14. The number of carbonyl (C=O) groups is 2. The molecule has 1 aliphatic heterocycles. The highest BCUT2D eigenvalue weighted by Crippen LogP contribution is 2.27. The average molecular weight is 306 g/mol. The third-order valence-corrected chi connectivity index (χ3v) is 2.51. The molecule has 4 N–H and O–H groups in total. The lowest BCUT2D eigenvalue weighted by Gasteiger charge is -2.15. The fourth-order valence-corrected chi connectivity index (χ4v) is 1.38. The highest BCUT2D eigenvalue weighted by molar-refractivity contribution is 5.97. The van der Waals surface area contributed by atoms with E-state index >= 15 is 0 Å². The number of para-hydroxylation sites is 2. The second kappa shape index (κ2) is 6.44. The van der Waals surface area contributed by atoms with Gasteiger partial charge < -0.3 is 20.9 Å². The number of benzene rings is 1. The molecule has 1 aromatic rings. The third kappa shape index (κ3) is 4.63. The van der Waals surface area contributed by atoms with Crippen LogP contribution >= 0.6 is 0 Å². The van der Waals surface area contributed by atoms with Gasteiger partial charge in [-0.2, -0.15) is 13.2 Å². The fraction of sp³-hybridized carbons (Fsp3) is 0.333. The van der Waals surface area contributed by atoms with Crippen molar-refractivity contribution >= 4 is 17.6 Å². The number of anilines is 1. The van der Waals surface area contributed by atoms with E-state index in [2.05, 4.69) is 5.32 Å². The molecule has 21 heavy (non-hydrogen) atoms. The summed E-state index contributed by atoms with van der Waals surface area (Å²) in [7, 11) is 0. The topological polar surface area (TPSA) is 102 Å². The second-order valence-electron chi connectivity index (χ2n) is 4.14. The number of rotatable bonds is 0. The summed E-state index contributed by atoms with van der Waals surface area (Å²) in [5, 5.41) is 9.84. The van der Waals surface area contributed by atoms with Gasteiger partial charge in [0.15, 0.2) is 0 Å². The quantitative estimate of drug-likeness (QED) is 0.672. The Labute approximate surface area is 117 Å². The predicted octanol–water partition coefficient (Wildman–Crippen LogP) is 1.37. The van der Waals surface area contributed by atoms with Crippen molar-refractivity contribution in [2.24, 2.45) is 5.73 Å². The molecular formula is C12H13F3N2O4. The van der Waals surface area contributed by atoms with Crippen LogP contribution in [-0.2, 0) is 9.59 Å². The van der Waals surface area contributed by atoms with Crippen LogP contribution in [0.15, 0.2) is 24.3 Å². The Hall–Kier alpha value is -2.29. The molecule has 0 radical (unpaired) electrons. The third-order valence-electron chi connectivity index (χ3n) is 2.51. The first-order chi connectivity index (χ1) is 9.62. The summed E-state index contributed by atoms with van der Waals surface area (Å²) >= 11 is 0. The van der Waals surface area contributed by atoms with E-state index in [1.54, 1.807) is 13.0 Å². The van der Waals surface area contributed by atoms with Gasteiger partial charge in [-0.15, -0.1) is 0 Å². The number of amides is 1. The van der Waals surface area contributed by atoms with Gasteiger partial charge in [-0.05, 0) is 19.1 Å². The summed E-state index contributed by atoms with van der Waals surface area (Å²) in [6, 6.07) is 6.67. The summed E-state index contributed by atoms with van der Waals surface area (Å²) in [4.78, 5) is 20.4. The average Bonchev–Trinajstić information content (AvgIpc) is 2.49. The zero-order chi connectivity index (χ0) is 16.2. The molecule has 9 heteroatoms. The fourth-order valence-electron chi connectivity index (χ4n) is 1.38. The number of hydrogen-bond donors (Lipinski definition) is 3. The molecule has 0 fully saturated rings. The number of nitrogens with two attached hydrogens (primary N) is 1. The Morgan fingerprint density at radius 1 is 1.38 bits per heavy atom. The molecule has 0 unspecified atom stereocenters. The molecular weight excluding hydrogens is 293 g/mol. The minimum absolute atomic E-state index is 0.206. The molecule has 116 valence electrons. The maximum Gasteiger partial charge on any atom is 0.490 e. The number of aliphatic carboxylic acids is 1. The van der Waals surface area contributed by atoms with Crippen molar-refractivity contribution in [3.05, 3.63) is 24.3 Å². The summed E-state index contributed by atoms with van der Waals surface area (Å²) in [6.07, 6.45) is -5.39. The van der Waals surface area contributed by atoms with Crippen molar-refractivity contribution < 1.29 is 32.6 Å². The first-order valence-electron chi connectivity index (χ1n) is 5.75. The van der Waals surface area contributed by atoms with Gasteiger partial charge in [0.1, 0.15) is 17.9 Å². The van der Waals surface area contributed by atoms with Gasteiger partial charge >= 0.3 is 12.1 Å². The van der Waals surface area contributed by atoms with Crippen LogP contribution < -0.4 is 15.8 Å². The SMILES string of the molecule is C[C@@H]1Oc2ccccc2NC(=O)[C@@H]1N.O=C(O)C(F)(F)F. The number of carboxylic acid groups (broad SMARTS) is 1. The van der Waals surface area contributed by atoms with Crippen LogP contribution in [-0.4, -0.2) is 35.3 Å². The van der Waals surface area contributed by atoms with Gasteiger partial charge in [-0.3, -0.25) is 4.79 Å². The van der Waals surface area contributed by atoms with Crippen molar-refractivity contribution in [3.63, 3.8) is 0 Å². The molecule has 1 aromatic carbocycles. The first kappa shape index (κ1) is 16.8. The molecule has 0 saturated carbocycles. The van der Waals surface area contributed by atoms with E-state index in [0.717, 1.165) is 0 Å². The first-order valence-corrected chi connectivity index (χ1v) is 5.75. The van der Waals surface area contributed by atoms with Crippen LogP contribution in [0.1, 0.15) is 6.92 Å². The number of hydrogen-bond acceptors (Lipinski definition) is 4. The molecule has 0 spiro atoms. The van der Waals surface area contributed by atoms with Gasteiger partial charge in [0, 0.05) is 0 Å². The van der Waals surface area contributed by atoms with Crippen LogP contribution in [0.5, 0.6) is 5.75 Å².